The van der Waals surface area contributed by atoms with E-state index in [-0.39, 0.29) is 6.54 Å². The van der Waals surface area contributed by atoms with Crippen LogP contribution in [0.5, 0.6) is 5.75 Å². The summed E-state index contributed by atoms with van der Waals surface area (Å²) in [5, 5.41) is 3.81. The third-order valence-electron chi connectivity index (χ3n) is 3.23. The Labute approximate surface area is 152 Å². The molecule has 1 N–H and O–H groups in total. The van der Waals surface area contributed by atoms with Crippen molar-refractivity contribution >= 4 is 27.8 Å². The standard InChI is InChI=1S/C17H20N4O4S/c1-3-25-16-6-4-15(5-7-16)21(26(2,23)24)13-17(22)20-19-12-14-8-10-18-11-9-14/h4-12H,3,13H2,1-2H3,(H,20,22)/b19-12-. The van der Waals surface area contributed by atoms with Gasteiger partial charge in [-0.15, -0.1) is 0 Å². The van der Waals surface area contributed by atoms with Crippen molar-refractivity contribution in [3.63, 3.8) is 0 Å². The zero-order valence-corrected chi connectivity index (χ0v) is 15.3. The molecular weight excluding hydrogens is 356 g/mol. The molecule has 1 aromatic heterocycles. The van der Waals surface area contributed by atoms with Crippen LogP contribution in [-0.4, -0.2) is 44.9 Å². The molecule has 0 unspecified atom stereocenters. The number of hydrazone groups is 1. The summed E-state index contributed by atoms with van der Waals surface area (Å²) in [7, 11) is -3.64. The lowest BCUT2D eigenvalue weighted by atomic mass is 10.3. The van der Waals surface area contributed by atoms with Crippen molar-refractivity contribution in [3.8, 4) is 5.75 Å². The summed E-state index contributed by atoms with van der Waals surface area (Å²) in [4.78, 5) is 15.9. The van der Waals surface area contributed by atoms with Crippen LogP contribution >= 0.6 is 0 Å². The van der Waals surface area contributed by atoms with Gasteiger partial charge in [-0.05, 0) is 48.9 Å². The zero-order valence-electron chi connectivity index (χ0n) is 14.5. The summed E-state index contributed by atoms with van der Waals surface area (Å²) >= 11 is 0. The molecule has 1 aromatic carbocycles. The number of aromatic nitrogens is 1. The Morgan fingerprint density at radius 1 is 1.23 bits per heavy atom. The van der Waals surface area contributed by atoms with Gasteiger partial charge in [0.1, 0.15) is 12.3 Å². The van der Waals surface area contributed by atoms with E-state index in [0.717, 1.165) is 16.1 Å². The Balaban J connectivity index is 2.05. The largest absolute Gasteiger partial charge is 0.494 e. The Kier molecular flexibility index (Phi) is 6.67. The van der Waals surface area contributed by atoms with Crippen LogP contribution in [0, 0.1) is 0 Å². The second-order valence-electron chi connectivity index (χ2n) is 5.27. The van der Waals surface area contributed by atoms with Crippen molar-refractivity contribution in [2.24, 2.45) is 5.10 Å². The molecule has 0 saturated carbocycles. The van der Waals surface area contributed by atoms with Crippen LogP contribution in [0.25, 0.3) is 0 Å². The van der Waals surface area contributed by atoms with E-state index >= 15 is 0 Å². The molecule has 0 bridgehead atoms. The Bertz CT molecular complexity index is 852. The maximum Gasteiger partial charge on any atom is 0.260 e. The van der Waals surface area contributed by atoms with Gasteiger partial charge >= 0.3 is 0 Å². The van der Waals surface area contributed by atoms with Gasteiger partial charge in [-0.3, -0.25) is 14.1 Å². The fraction of sp³-hybridized carbons (Fsp3) is 0.235. The predicted octanol–water partition coefficient (Wildman–Crippen LogP) is 1.40. The molecule has 138 valence electrons. The van der Waals surface area contributed by atoms with E-state index in [1.165, 1.54) is 6.21 Å². The highest BCUT2D eigenvalue weighted by atomic mass is 32.2. The highest BCUT2D eigenvalue weighted by Crippen LogP contribution is 2.21. The van der Waals surface area contributed by atoms with Gasteiger partial charge < -0.3 is 4.74 Å². The number of carbonyl (C=O) groups excluding carboxylic acids is 1. The van der Waals surface area contributed by atoms with Crippen molar-refractivity contribution in [3.05, 3.63) is 54.4 Å². The minimum atomic E-state index is -3.64. The second-order valence-corrected chi connectivity index (χ2v) is 7.18. The third-order valence-corrected chi connectivity index (χ3v) is 4.37. The highest BCUT2D eigenvalue weighted by Gasteiger charge is 2.20. The SMILES string of the molecule is CCOc1ccc(N(CC(=O)N/N=C\c2ccncc2)S(C)(=O)=O)cc1. The van der Waals surface area contributed by atoms with Crippen LogP contribution in [0.2, 0.25) is 0 Å². The molecule has 0 radical (unpaired) electrons. The molecule has 2 rings (SSSR count). The molecule has 0 saturated heterocycles. The summed E-state index contributed by atoms with van der Waals surface area (Å²) < 4.78 is 30.4. The molecule has 1 amide bonds. The lowest BCUT2D eigenvalue weighted by Gasteiger charge is -2.21. The minimum Gasteiger partial charge on any atom is -0.494 e. The first-order valence-electron chi connectivity index (χ1n) is 7.82. The van der Waals surface area contributed by atoms with Crippen LogP contribution in [0.15, 0.2) is 53.9 Å². The number of pyridine rings is 1. The van der Waals surface area contributed by atoms with Crippen molar-refractivity contribution in [2.75, 3.05) is 23.7 Å². The summed E-state index contributed by atoms with van der Waals surface area (Å²) in [6.07, 6.45) is 5.68. The molecule has 26 heavy (non-hydrogen) atoms. The summed E-state index contributed by atoms with van der Waals surface area (Å²) in [5.74, 6) is 0.0609. The number of amides is 1. The van der Waals surface area contributed by atoms with Crippen molar-refractivity contribution in [1.82, 2.24) is 10.4 Å². The van der Waals surface area contributed by atoms with E-state index in [9.17, 15) is 13.2 Å². The monoisotopic (exact) mass is 376 g/mol. The number of nitrogens with zero attached hydrogens (tertiary/aromatic N) is 3. The smallest absolute Gasteiger partial charge is 0.260 e. The van der Waals surface area contributed by atoms with Gasteiger partial charge in [0, 0.05) is 12.4 Å². The maximum absolute atomic E-state index is 12.1. The number of nitrogens with one attached hydrogen (secondary N) is 1. The van der Waals surface area contributed by atoms with Gasteiger partial charge in [0.15, 0.2) is 0 Å². The molecular formula is C17H20N4O4S. The van der Waals surface area contributed by atoms with Crippen molar-refractivity contribution in [2.45, 2.75) is 6.92 Å². The van der Waals surface area contributed by atoms with Gasteiger partial charge in [0.2, 0.25) is 10.0 Å². The van der Waals surface area contributed by atoms with Crippen molar-refractivity contribution < 1.29 is 17.9 Å². The van der Waals surface area contributed by atoms with Crippen LogP contribution in [0.1, 0.15) is 12.5 Å². The lowest BCUT2D eigenvalue weighted by molar-refractivity contribution is -0.119. The Morgan fingerprint density at radius 3 is 2.46 bits per heavy atom. The predicted molar refractivity (Wildman–Crippen MR) is 99.8 cm³/mol. The number of ether oxygens (including phenoxy) is 1. The molecule has 0 aliphatic rings. The molecule has 8 nitrogen and oxygen atoms in total. The van der Waals surface area contributed by atoms with Gasteiger partial charge in [-0.25, -0.2) is 13.8 Å². The molecule has 0 fully saturated rings. The van der Waals surface area contributed by atoms with E-state index in [0.29, 0.717) is 18.0 Å². The summed E-state index contributed by atoms with van der Waals surface area (Å²) in [6.45, 7) is 1.97. The summed E-state index contributed by atoms with van der Waals surface area (Å²) in [6, 6.07) is 9.91. The van der Waals surface area contributed by atoms with Crippen LogP contribution in [0.3, 0.4) is 0 Å². The molecule has 2 aromatic rings. The van der Waals surface area contributed by atoms with E-state index in [1.807, 2.05) is 6.92 Å². The molecule has 1 heterocycles. The lowest BCUT2D eigenvalue weighted by Crippen LogP contribution is -2.39. The van der Waals surface area contributed by atoms with E-state index in [2.05, 4.69) is 15.5 Å². The normalized spacial score (nSPS) is 11.3. The number of anilines is 1. The van der Waals surface area contributed by atoms with E-state index in [1.54, 1.807) is 48.8 Å². The summed E-state index contributed by atoms with van der Waals surface area (Å²) in [5.41, 5.74) is 3.44. The number of rotatable bonds is 8. The number of benzene rings is 1. The third kappa shape index (κ3) is 5.85. The molecule has 0 atom stereocenters. The number of hydrogen-bond acceptors (Lipinski definition) is 6. The number of carbonyl (C=O) groups is 1. The second kappa shape index (κ2) is 8.95. The van der Waals surface area contributed by atoms with Crippen molar-refractivity contribution in [1.29, 1.82) is 0 Å². The average molecular weight is 376 g/mol. The fourth-order valence-corrected chi connectivity index (χ4v) is 2.93. The number of hydrogen-bond donors (Lipinski definition) is 1. The first-order chi connectivity index (χ1) is 12.4. The zero-order chi connectivity index (χ0) is 19.0. The first-order valence-corrected chi connectivity index (χ1v) is 9.67. The fourth-order valence-electron chi connectivity index (χ4n) is 2.07. The van der Waals surface area contributed by atoms with E-state index < -0.39 is 15.9 Å². The highest BCUT2D eigenvalue weighted by molar-refractivity contribution is 7.92. The van der Waals surface area contributed by atoms with Gasteiger partial charge in [-0.1, -0.05) is 0 Å². The van der Waals surface area contributed by atoms with Crippen LogP contribution in [-0.2, 0) is 14.8 Å². The van der Waals surface area contributed by atoms with Crippen LogP contribution < -0.4 is 14.5 Å². The molecule has 0 aliphatic carbocycles. The van der Waals surface area contributed by atoms with Gasteiger partial charge in [0.05, 0.1) is 24.8 Å². The van der Waals surface area contributed by atoms with Gasteiger partial charge in [-0.2, -0.15) is 5.10 Å². The Morgan fingerprint density at radius 2 is 1.88 bits per heavy atom. The quantitative estimate of drug-likeness (QED) is 0.554. The molecule has 9 heteroatoms. The topological polar surface area (TPSA) is 101 Å². The maximum atomic E-state index is 12.1. The van der Waals surface area contributed by atoms with E-state index in [4.69, 9.17) is 4.74 Å². The van der Waals surface area contributed by atoms with Crippen LogP contribution in [0.4, 0.5) is 5.69 Å². The minimum absolute atomic E-state index is 0.365. The average Bonchev–Trinajstić information content (AvgIpc) is 2.61. The Hall–Kier alpha value is -2.94. The first kappa shape index (κ1) is 19.4. The van der Waals surface area contributed by atoms with Gasteiger partial charge in [0.25, 0.3) is 5.91 Å². The number of sulfonamides is 1. The molecule has 0 aliphatic heterocycles. The molecule has 0 spiro atoms.